The zero-order chi connectivity index (χ0) is 23.9. The number of hydrogen-bond donors (Lipinski definition) is 0. The van der Waals surface area contributed by atoms with Crippen LogP contribution in [-0.4, -0.2) is 36.9 Å². The Morgan fingerprint density at radius 1 is 1.06 bits per heavy atom. The molecule has 8 heteroatoms. The van der Waals surface area contributed by atoms with Crippen LogP contribution in [0.3, 0.4) is 0 Å². The van der Waals surface area contributed by atoms with Crippen LogP contribution >= 0.6 is 0 Å². The lowest BCUT2D eigenvalue weighted by atomic mass is 10.1. The molecule has 0 saturated heterocycles. The maximum atomic E-state index is 14.2. The van der Waals surface area contributed by atoms with E-state index >= 15 is 0 Å². The Morgan fingerprint density at radius 2 is 1.70 bits per heavy atom. The zero-order valence-electron chi connectivity index (χ0n) is 18.9. The van der Waals surface area contributed by atoms with Crippen LogP contribution in [0, 0.1) is 20.8 Å². The van der Waals surface area contributed by atoms with Gasteiger partial charge in [-0.25, -0.2) is 9.97 Å². The van der Waals surface area contributed by atoms with Crippen LogP contribution in [0.5, 0.6) is 0 Å². The van der Waals surface area contributed by atoms with Gasteiger partial charge >= 0.3 is 6.18 Å². The number of aryl methyl sites for hydroxylation is 3. The van der Waals surface area contributed by atoms with Gasteiger partial charge in [0.1, 0.15) is 0 Å². The molecule has 0 unspecified atom stereocenters. The topological polar surface area (TPSA) is 38.4 Å². The van der Waals surface area contributed by atoms with Crippen molar-refractivity contribution in [3.05, 3.63) is 83.9 Å². The molecule has 0 atom stereocenters. The minimum Gasteiger partial charge on any atom is -0.290 e. The van der Waals surface area contributed by atoms with Crippen molar-refractivity contribution < 1.29 is 13.2 Å². The molecule has 0 aliphatic carbocycles. The molecule has 0 aliphatic rings. The summed E-state index contributed by atoms with van der Waals surface area (Å²) in [7, 11) is 0. The van der Waals surface area contributed by atoms with Crippen LogP contribution in [0.15, 0.2) is 55.8 Å². The van der Waals surface area contributed by atoms with Gasteiger partial charge < -0.3 is 0 Å². The van der Waals surface area contributed by atoms with E-state index in [9.17, 15) is 13.2 Å². The lowest BCUT2D eigenvalue weighted by Crippen LogP contribution is -2.25. The maximum Gasteiger partial charge on any atom is 0.435 e. The second-order valence-electron chi connectivity index (χ2n) is 8.24. The highest BCUT2D eigenvalue weighted by atomic mass is 19.4. The standard InChI is InChI=1S/C25H26F3N5/c1-6-11-31(12-7-2)15-20-22(25(26,27)28)30-24-32(20)19-9-8-10-29-23(19)33(24)21-17(4)13-16(3)14-18(21)5/h6-10,13-14H,1-2,11-12,15H2,3-5H3. The summed E-state index contributed by atoms with van der Waals surface area (Å²) in [6.45, 7) is 14.2. The fraction of sp³-hybridized carbons (Fsp3) is 0.280. The molecule has 0 spiro atoms. The van der Waals surface area contributed by atoms with Crippen LogP contribution in [0.25, 0.3) is 22.6 Å². The van der Waals surface area contributed by atoms with E-state index in [1.807, 2.05) is 37.8 Å². The Balaban J connectivity index is 2.11. The second-order valence-corrected chi connectivity index (χ2v) is 8.24. The van der Waals surface area contributed by atoms with Crippen molar-refractivity contribution in [3.8, 4) is 5.69 Å². The van der Waals surface area contributed by atoms with Gasteiger partial charge in [-0.3, -0.25) is 13.9 Å². The zero-order valence-corrected chi connectivity index (χ0v) is 18.9. The number of hydrogen-bond acceptors (Lipinski definition) is 3. The van der Waals surface area contributed by atoms with Gasteiger partial charge in [-0.2, -0.15) is 13.2 Å². The van der Waals surface area contributed by atoms with Gasteiger partial charge in [0.15, 0.2) is 11.3 Å². The summed E-state index contributed by atoms with van der Waals surface area (Å²) < 4.78 is 45.8. The molecule has 0 radical (unpaired) electrons. The van der Waals surface area contributed by atoms with Crippen molar-refractivity contribution in [2.75, 3.05) is 13.1 Å². The predicted octanol–water partition coefficient (Wildman–Crippen LogP) is 5.79. The molecule has 0 amide bonds. The van der Waals surface area contributed by atoms with Gasteiger partial charge in [0, 0.05) is 25.8 Å². The Morgan fingerprint density at radius 3 is 2.27 bits per heavy atom. The first-order chi connectivity index (χ1) is 15.7. The molecule has 0 saturated carbocycles. The number of benzene rings is 1. The van der Waals surface area contributed by atoms with Gasteiger partial charge in [0.05, 0.1) is 16.9 Å². The average molecular weight is 454 g/mol. The number of pyridine rings is 1. The number of alkyl halides is 3. The number of fused-ring (bicyclic) bond motifs is 3. The lowest BCUT2D eigenvalue weighted by Gasteiger charge is -2.19. The van der Waals surface area contributed by atoms with Crippen LogP contribution < -0.4 is 0 Å². The van der Waals surface area contributed by atoms with E-state index in [1.165, 1.54) is 0 Å². The largest absolute Gasteiger partial charge is 0.435 e. The molecule has 4 aromatic rings. The van der Waals surface area contributed by atoms with Crippen LogP contribution in [-0.2, 0) is 12.7 Å². The summed E-state index contributed by atoms with van der Waals surface area (Å²) >= 11 is 0. The van der Waals surface area contributed by atoms with Gasteiger partial charge in [-0.1, -0.05) is 29.8 Å². The second kappa shape index (κ2) is 8.51. The summed E-state index contributed by atoms with van der Waals surface area (Å²) in [5.74, 6) is 0.193. The summed E-state index contributed by atoms with van der Waals surface area (Å²) in [4.78, 5) is 10.5. The third kappa shape index (κ3) is 3.95. The van der Waals surface area contributed by atoms with Crippen molar-refractivity contribution in [1.29, 1.82) is 0 Å². The fourth-order valence-electron chi connectivity index (χ4n) is 4.56. The molecule has 0 N–H and O–H groups in total. The highest BCUT2D eigenvalue weighted by Crippen LogP contribution is 2.36. The number of imidazole rings is 2. The molecule has 3 heterocycles. The molecule has 172 valence electrons. The number of aromatic nitrogens is 4. The molecular formula is C25H26F3N5. The third-order valence-corrected chi connectivity index (χ3v) is 5.65. The SMILES string of the molecule is C=CCN(CC=C)Cc1c(C(F)(F)F)nc2n(-c3c(C)cc(C)cc3C)c3ncccc3n12. The quantitative estimate of drug-likeness (QED) is 0.333. The Bertz CT molecular complexity index is 1330. The van der Waals surface area contributed by atoms with E-state index in [1.54, 1.807) is 39.4 Å². The minimum atomic E-state index is -4.61. The number of nitrogens with zero attached hydrogens (tertiary/aromatic N) is 5. The molecule has 4 rings (SSSR count). The fourth-order valence-corrected chi connectivity index (χ4v) is 4.56. The maximum absolute atomic E-state index is 14.2. The van der Waals surface area contributed by atoms with Gasteiger partial charge in [0.2, 0.25) is 5.78 Å². The summed E-state index contributed by atoms with van der Waals surface area (Å²) in [5, 5.41) is 0. The predicted molar refractivity (Wildman–Crippen MR) is 125 cm³/mol. The normalized spacial score (nSPS) is 12.2. The van der Waals surface area contributed by atoms with E-state index in [2.05, 4.69) is 23.1 Å². The van der Waals surface area contributed by atoms with E-state index in [0.717, 1.165) is 22.4 Å². The highest BCUT2D eigenvalue weighted by Gasteiger charge is 2.39. The first-order valence-corrected chi connectivity index (χ1v) is 10.6. The Labute approximate surface area is 190 Å². The van der Waals surface area contributed by atoms with E-state index in [0.29, 0.717) is 24.3 Å². The van der Waals surface area contributed by atoms with Gasteiger partial charge in [-0.15, -0.1) is 13.2 Å². The molecule has 3 aromatic heterocycles. The number of rotatable bonds is 7. The molecule has 0 bridgehead atoms. The van der Waals surface area contributed by atoms with Crippen molar-refractivity contribution in [2.24, 2.45) is 0 Å². The van der Waals surface area contributed by atoms with Crippen molar-refractivity contribution in [3.63, 3.8) is 0 Å². The summed E-state index contributed by atoms with van der Waals surface area (Å²) in [6, 6.07) is 7.53. The first-order valence-electron chi connectivity index (χ1n) is 10.6. The summed E-state index contributed by atoms with van der Waals surface area (Å²) in [5.41, 5.74) is 4.06. The first kappa shape index (κ1) is 22.8. The molecule has 5 nitrogen and oxygen atoms in total. The molecule has 33 heavy (non-hydrogen) atoms. The molecular weight excluding hydrogens is 427 g/mol. The molecule has 0 fully saturated rings. The highest BCUT2D eigenvalue weighted by molar-refractivity contribution is 5.81. The van der Waals surface area contributed by atoms with Gasteiger partial charge in [0.25, 0.3) is 0 Å². The van der Waals surface area contributed by atoms with Crippen LogP contribution in [0.4, 0.5) is 13.2 Å². The van der Waals surface area contributed by atoms with Crippen molar-refractivity contribution >= 4 is 16.9 Å². The van der Waals surface area contributed by atoms with E-state index in [-0.39, 0.29) is 18.0 Å². The van der Waals surface area contributed by atoms with Crippen LogP contribution in [0.2, 0.25) is 0 Å². The molecule has 0 aliphatic heterocycles. The smallest absolute Gasteiger partial charge is 0.290 e. The van der Waals surface area contributed by atoms with E-state index < -0.39 is 11.9 Å². The van der Waals surface area contributed by atoms with Crippen molar-refractivity contribution in [1.82, 2.24) is 23.8 Å². The monoisotopic (exact) mass is 453 g/mol. The average Bonchev–Trinajstić information content (AvgIpc) is 3.24. The lowest BCUT2D eigenvalue weighted by molar-refractivity contribution is -0.141. The number of halogens is 3. The Kier molecular flexibility index (Phi) is 5.88. The third-order valence-electron chi connectivity index (χ3n) is 5.65. The molecule has 1 aromatic carbocycles. The Hall–Kier alpha value is -3.39. The van der Waals surface area contributed by atoms with Crippen LogP contribution in [0.1, 0.15) is 28.1 Å². The minimum absolute atomic E-state index is 0.0356. The van der Waals surface area contributed by atoms with Crippen molar-refractivity contribution in [2.45, 2.75) is 33.5 Å². The van der Waals surface area contributed by atoms with Gasteiger partial charge in [-0.05, 0) is 44.0 Å². The summed E-state index contributed by atoms with van der Waals surface area (Å²) in [6.07, 6.45) is 0.368. The van der Waals surface area contributed by atoms with E-state index in [4.69, 9.17) is 0 Å².